The number of hydrogen-bond acceptors (Lipinski definition) is 3. The lowest BCUT2D eigenvalue weighted by atomic mass is 9.43. The van der Waals surface area contributed by atoms with Gasteiger partial charge in [0.15, 0.2) is 0 Å². The van der Waals surface area contributed by atoms with Gasteiger partial charge in [0.2, 0.25) is 0 Å². The van der Waals surface area contributed by atoms with E-state index in [0.29, 0.717) is 0 Å². The maximum Gasteiger partial charge on any atom is 0.129 e. The van der Waals surface area contributed by atoms with Crippen LogP contribution in [0.2, 0.25) is 0 Å². The summed E-state index contributed by atoms with van der Waals surface area (Å²) in [4.78, 5) is 12.6. The first-order chi connectivity index (χ1) is 16.7. The molecule has 0 heterocycles. The maximum atomic E-state index is 12.6. The lowest BCUT2D eigenvalue weighted by molar-refractivity contribution is -0.138. The van der Waals surface area contributed by atoms with E-state index in [9.17, 15) is 9.90 Å². The van der Waals surface area contributed by atoms with Crippen LogP contribution in [0.4, 0.5) is 0 Å². The van der Waals surface area contributed by atoms with Crippen molar-refractivity contribution < 1.29 is 14.6 Å². The molecule has 34 heavy (non-hydrogen) atoms. The highest BCUT2D eigenvalue weighted by molar-refractivity contribution is 5.88. The van der Waals surface area contributed by atoms with Crippen molar-refractivity contribution in [3.8, 4) is 5.75 Å². The van der Waals surface area contributed by atoms with Gasteiger partial charge in [0.25, 0.3) is 0 Å². The van der Waals surface area contributed by atoms with Crippen LogP contribution in [0.5, 0.6) is 5.75 Å². The van der Waals surface area contributed by atoms with E-state index >= 15 is 0 Å². The Morgan fingerprint density at radius 2 is 1.38 bits per heavy atom. The molecule has 1 aliphatic carbocycles. The molecule has 172 valence electrons. The maximum absolute atomic E-state index is 12.6. The highest BCUT2D eigenvalue weighted by atomic mass is 16.5. The number of hydrogen-bond donors (Lipinski definition) is 1. The molecular weight excluding hydrogens is 420 g/mol. The van der Waals surface area contributed by atoms with Gasteiger partial charge in [-0.05, 0) is 41.8 Å². The quantitative estimate of drug-likeness (QED) is 0.317. The molecule has 0 aliphatic heterocycles. The van der Waals surface area contributed by atoms with Gasteiger partial charge in [0.1, 0.15) is 12.0 Å². The first-order valence-electron chi connectivity index (χ1n) is 12.0. The summed E-state index contributed by atoms with van der Waals surface area (Å²) in [5, 5.41) is 12.8. The van der Waals surface area contributed by atoms with Crippen molar-refractivity contribution in [3.05, 3.63) is 114 Å². The largest absolute Gasteiger partial charge is 0.490 e. The molecule has 0 aromatic heterocycles. The van der Waals surface area contributed by atoms with E-state index in [1.54, 1.807) is 0 Å². The molecule has 1 saturated carbocycles. The zero-order chi connectivity index (χ0) is 23.5. The number of fused-ring (bicyclic) bond motifs is 1. The Kier molecular flexibility index (Phi) is 6.21. The standard InChI is InChI=1S/C31H30O3/c1-22(34-28-18-10-16-23-11-8-9-17-26(23)28)19-27-29(24-12-4-2-5-13-24)31(20-32,21-33)30(27)25-14-6-3-7-15-25/h2-18,20,22,27,29-30,33H,19,21H2,1H3/t22-,27?,29+,30+,31?/m0/s1. The van der Waals surface area contributed by atoms with Crippen LogP contribution in [0.25, 0.3) is 10.8 Å². The number of ether oxygens (including phenoxy) is 1. The SMILES string of the molecule is C[C@@H](CC1[C@@H](c2ccccc2)C(C=O)(CO)[C@@H]1c1ccccc1)Oc1cccc2ccccc12. The number of aliphatic hydroxyl groups excluding tert-OH is 1. The average molecular weight is 451 g/mol. The Labute approximate surface area is 201 Å². The molecule has 1 N–H and O–H groups in total. The third kappa shape index (κ3) is 3.80. The average Bonchev–Trinajstić information content (AvgIpc) is 2.88. The molecule has 4 aromatic carbocycles. The molecule has 0 bridgehead atoms. The summed E-state index contributed by atoms with van der Waals surface area (Å²) < 4.78 is 6.49. The Morgan fingerprint density at radius 1 is 0.824 bits per heavy atom. The zero-order valence-electron chi connectivity index (χ0n) is 19.4. The summed E-state index contributed by atoms with van der Waals surface area (Å²) in [6.45, 7) is 1.93. The molecule has 4 aromatic rings. The van der Waals surface area contributed by atoms with Crippen molar-refractivity contribution in [2.24, 2.45) is 11.3 Å². The van der Waals surface area contributed by atoms with E-state index in [0.717, 1.165) is 40.4 Å². The summed E-state index contributed by atoms with van der Waals surface area (Å²) in [5.74, 6) is 0.897. The summed E-state index contributed by atoms with van der Waals surface area (Å²) in [7, 11) is 0. The molecule has 5 rings (SSSR count). The van der Waals surface area contributed by atoms with Crippen LogP contribution >= 0.6 is 0 Å². The number of aldehydes is 1. The second kappa shape index (κ2) is 9.44. The van der Waals surface area contributed by atoms with Gasteiger partial charge in [-0.25, -0.2) is 0 Å². The summed E-state index contributed by atoms with van der Waals surface area (Å²) in [6.07, 6.45) is 1.71. The van der Waals surface area contributed by atoms with Crippen molar-refractivity contribution in [3.63, 3.8) is 0 Å². The first kappa shape index (κ1) is 22.4. The molecular formula is C31H30O3. The fourth-order valence-corrected chi connectivity index (χ4v) is 6.10. The second-order valence-corrected chi connectivity index (χ2v) is 9.47. The van der Waals surface area contributed by atoms with Gasteiger partial charge in [0, 0.05) is 17.2 Å². The third-order valence-electron chi connectivity index (χ3n) is 7.51. The van der Waals surface area contributed by atoms with Crippen molar-refractivity contribution >= 4 is 17.1 Å². The van der Waals surface area contributed by atoms with E-state index in [1.165, 1.54) is 0 Å². The Bertz CT molecular complexity index is 1200. The Hall–Kier alpha value is -3.43. The minimum Gasteiger partial charge on any atom is -0.490 e. The highest BCUT2D eigenvalue weighted by Crippen LogP contribution is 2.65. The fraction of sp³-hybridized carbons (Fsp3) is 0.258. The molecule has 0 saturated heterocycles. The van der Waals surface area contributed by atoms with Gasteiger partial charge in [-0.2, -0.15) is 0 Å². The first-order valence-corrected chi connectivity index (χ1v) is 12.0. The van der Waals surface area contributed by atoms with Gasteiger partial charge in [-0.3, -0.25) is 0 Å². The van der Waals surface area contributed by atoms with Crippen molar-refractivity contribution in [2.45, 2.75) is 31.3 Å². The lowest BCUT2D eigenvalue weighted by Gasteiger charge is -2.59. The van der Waals surface area contributed by atoms with E-state index < -0.39 is 5.41 Å². The van der Waals surface area contributed by atoms with Gasteiger partial charge in [0.05, 0.1) is 18.1 Å². The van der Waals surface area contributed by atoms with Gasteiger partial charge in [-0.15, -0.1) is 0 Å². The molecule has 3 nitrogen and oxygen atoms in total. The Morgan fingerprint density at radius 3 is 1.97 bits per heavy atom. The minimum absolute atomic E-state index is 0.0587. The molecule has 0 spiro atoms. The second-order valence-electron chi connectivity index (χ2n) is 9.47. The number of aliphatic hydroxyl groups is 1. The predicted molar refractivity (Wildman–Crippen MR) is 136 cm³/mol. The summed E-state index contributed by atoms with van der Waals surface area (Å²) in [6, 6.07) is 34.7. The van der Waals surface area contributed by atoms with Crippen LogP contribution in [-0.4, -0.2) is 24.1 Å². The molecule has 0 amide bonds. The zero-order valence-corrected chi connectivity index (χ0v) is 19.4. The van der Waals surface area contributed by atoms with Crippen molar-refractivity contribution in [2.75, 3.05) is 6.61 Å². The highest BCUT2D eigenvalue weighted by Gasteiger charge is 2.62. The number of benzene rings is 4. The van der Waals surface area contributed by atoms with Crippen LogP contribution < -0.4 is 4.74 Å². The number of carbonyl (C=O) groups is 1. The summed E-state index contributed by atoms with van der Waals surface area (Å²) >= 11 is 0. The van der Waals surface area contributed by atoms with Crippen LogP contribution in [0.15, 0.2) is 103 Å². The monoisotopic (exact) mass is 450 g/mol. The van der Waals surface area contributed by atoms with Crippen LogP contribution in [0.1, 0.15) is 36.3 Å². The normalized spacial score (nSPS) is 24.8. The van der Waals surface area contributed by atoms with Crippen LogP contribution in [0, 0.1) is 11.3 Å². The Balaban J connectivity index is 1.49. The van der Waals surface area contributed by atoms with E-state index in [-0.39, 0.29) is 30.5 Å². The van der Waals surface area contributed by atoms with Gasteiger partial charge < -0.3 is 14.6 Å². The number of rotatable bonds is 8. The number of carbonyl (C=O) groups excluding carboxylic acids is 1. The molecule has 0 radical (unpaired) electrons. The molecule has 3 heteroatoms. The molecule has 1 fully saturated rings. The van der Waals surface area contributed by atoms with E-state index in [2.05, 4.69) is 49.4 Å². The van der Waals surface area contributed by atoms with Crippen molar-refractivity contribution in [1.29, 1.82) is 0 Å². The fourth-order valence-electron chi connectivity index (χ4n) is 6.10. The van der Waals surface area contributed by atoms with Gasteiger partial charge >= 0.3 is 0 Å². The lowest BCUT2D eigenvalue weighted by Crippen LogP contribution is -2.57. The minimum atomic E-state index is -0.841. The predicted octanol–water partition coefficient (Wildman–Crippen LogP) is 6.37. The smallest absolute Gasteiger partial charge is 0.129 e. The van der Waals surface area contributed by atoms with E-state index in [1.807, 2.05) is 60.7 Å². The molecule has 3 atom stereocenters. The topological polar surface area (TPSA) is 46.5 Å². The third-order valence-corrected chi connectivity index (χ3v) is 7.51. The molecule has 1 aliphatic rings. The van der Waals surface area contributed by atoms with Crippen molar-refractivity contribution in [1.82, 2.24) is 0 Å². The summed E-state index contributed by atoms with van der Waals surface area (Å²) in [5.41, 5.74) is 1.35. The molecule has 0 unspecified atom stereocenters. The van der Waals surface area contributed by atoms with Gasteiger partial charge in [-0.1, -0.05) is 97.1 Å². The van der Waals surface area contributed by atoms with Crippen LogP contribution in [0.3, 0.4) is 0 Å². The van der Waals surface area contributed by atoms with Crippen LogP contribution in [-0.2, 0) is 4.79 Å². The van der Waals surface area contributed by atoms with E-state index in [4.69, 9.17) is 4.74 Å².